The zero-order valence-corrected chi connectivity index (χ0v) is 28.3. The molecule has 0 saturated carbocycles. The molecule has 0 aliphatic carbocycles. The standard InChI is InChI=1S/C41H38Cl2N2O3/c1-28(27-42)34-14-8-9-15-37(34)44-24-22-39-35(23-25-48-33-19-16-31(17-20-33)41(46)47)36-26-32(43)18-21-38(36)45(39)40(29-10-4-2-5-11-29)30-12-6-3-7-13-30/h2-21,26,28,40,44H,22-25,27H2,1H3,(H,46,47). The lowest BCUT2D eigenvalue weighted by Crippen LogP contribution is -2.18. The topological polar surface area (TPSA) is 63.5 Å². The maximum absolute atomic E-state index is 11.3. The van der Waals surface area contributed by atoms with Gasteiger partial charge in [0.15, 0.2) is 0 Å². The molecule has 0 amide bonds. The molecule has 1 unspecified atom stereocenters. The van der Waals surface area contributed by atoms with Gasteiger partial charge in [0.05, 0.1) is 18.2 Å². The van der Waals surface area contributed by atoms with Gasteiger partial charge in [0.2, 0.25) is 0 Å². The summed E-state index contributed by atoms with van der Waals surface area (Å²) in [5.41, 5.74) is 8.37. The molecule has 48 heavy (non-hydrogen) atoms. The van der Waals surface area contributed by atoms with Crippen molar-refractivity contribution < 1.29 is 14.6 Å². The number of anilines is 1. The van der Waals surface area contributed by atoms with Gasteiger partial charge in [-0.2, -0.15) is 0 Å². The monoisotopic (exact) mass is 676 g/mol. The van der Waals surface area contributed by atoms with Crippen molar-refractivity contribution in [2.24, 2.45) is 0 Å². The van der Waals surface area contributed by atoms with Gasteiger partial charge >= 0.3 is 5.97 Å². The molecule has 5 aromatic carbocycles. The molecule has 1 heterocycles. The smallest absolute Gasteiger partial charge is 0.335 e. The number of hydrogen-bond acceptors (Lipinski definition) is 3. The van der Waals surface area contributed by atoms with Gasteiger partial charge < -0.3 is 19.7 Å². The van der Waals surface area contributed by atoms with E-state index in [0.717, 1.165) is 23.0 Å². The number of carbonyl (C=O) groups is 1. The van der Waals surface area contributed by atoms with Gasteiger partial charge in [-0.05, 0) is 76.7 Å². The first-order valence-corrected chi connectivity index (χ1v) is 17.1. The molecule has 244 valence electrons. The molecule has 0 radical (unpaired) electrons. The van der Waals surface area contributed by atoms with Crippen molar-refractivity contribution in [3.05, 3.63) is 166 Å². The highest BCUT2D eigenvalue weighted by Crippen LogP contribution is 2.38. The van der Waals surface area contributed by atoms with Crippen LogP contribution in [-0.2, 0) is 12.8 Å². The van der Waals surface area contributed by atoms with E-state index >= 15 is 0 Å². The van der Waals surface area contributed by atoms with Crippen molar-refractivity contribution in [2.75, 3.05) is 24.3 Å². The maximum atomic E-state index is 11.3. The second-order valence-corrected chi connectivity index (χ2v) is 12.7. The van der Waals surface area contributed by atoms with Crippen LogP contribution >= 0.6 is 23.2 Å². The van der Waals surface area contributed by atoms with Gasteiger partial charge in [-0.3, -0.25) is 0 Å². The molecule has 2 N–H and O–H groups in total. The number of rotatable bonds is 14. The molecular formula is C41H38Cl2N2O3. The van der Waals surface area contributed by atoms with Gasteiger partial charge in [0.25, 0.3) is 0 Å². The SMILES string of the molecule is CC(CCl)c1ccccc1NCCc1c(CCOc2ccc(C(=O)O)cc2)c2cc(Cl)ccc2n1C(c1ccccc1)c1ccccc1. The maximum Gasteiger partial charge on any atom is 0.335 e. The zero-order valence-electron chi connectivity index (χ0n) is 26.8. The molecule has 1 aromatic heterocycles. The third-order valence-electron chi connectivity index (χ3n) is 8.79. The Morgan fingerprint density at radius 2 is 1.48 bits per heavy atom. The molecule has 1 atom stereocenters. The van der Waals surface area contributed by atoms with Crippen molar-refractivity contribution in [3.8, 4) is 5.75 Å². The van der Waals surface area contributed by atoms with Gasteiger partial charge in [0.1, 0.15) is 5.75 Å². The van der Waals surface area contributed by atoms with E-state index in [1.54, 1.807) is 24.3 Å². The predicted molar refractivity (Wildman–Crippen MR) is 197 cm³/mol. The highest BCUT2D eigenvalue weighted by molar-refractivity contribution is 6.31. The summed E-state index contributed by atoms with van der Waals surface area (Å²) >= 11 is 12.9. The van der Waals surface area contributed by atoms with Crippen molar-refractivity contribution in [3.63, 3.8) is 0 Å². The predicted octanol–water partition coefficient (Wildman–Crippen LogP) is 10.2. The van der Waals surface area contributed by atoms with Crippen LogP contribution in [0, 0.1) is 0 Å². The molecule has 6 rings (SSSR count). The Kier molecular flexibility index (Phi) is 10.7. The summed E-state index contributed by atoms with van der Waals surface area (Å²) < 4.78 is 8.66. The first kappa shape index (κ1) is 33.2. The van der Waals surface area contributed by atoms with E-state index in [2.05, 4.69) is 114 Å². The number of nitrogens with zero attached hydrogens (tertiary/aromatic N) is 1. The van der Waals surface area contributed by atoms with Crippen LogP contribution in [0.15, 0.2) is 127 Å². The molecule has 5 nitrogen and oxygen atoms in total. The molecule has 0 bridgehead atoms. The van der Waals surface area contributed by atoms with Crippen LogP contribution in [0.1, 0.15) is 57.2 Å². The number of alkyl halides is 1. The van der Waals surface area contributed by atoms with E-state index < -0.39 is 5.97 Å². The molecule has 0 fully saturated rings. The van der Waals surface area contributed by atoms with E-state index in [-0.39, 0.29) is 17.5 Å². The zero-order chi connectivity index (χ0) is 33.5. The number of benzene rings is 5. The molecular weight excluding hydrogens is 639 g/mol. The number of hydrogen-bond donors (Lipinski definition) is 2. The Morgan fingerprint density at radius 1 is 0.833 bits per heavy atom. The van der Waals surface area contributed by atoms with Gasteiger partial charge in [-0.15, -0.1) is 11.6 Å². The minimum Gasteiger partial charge on any atom is -0.493 e. The van der Waals surface area contributed by atoms with E-state index in [4.69, 9.17) is 27.9 Å². The average molecular weight is 678 g/mol. The second kappa shape index (κ2) is 15.5. The molecule has 0 aliphatic heterocycles. The van der Waals surface area contributed by atoms with Gasteiger partial charge in [0, 0.05) is 52.6 Å². The first-order valence-electron chi connectivity index (χ1n) is 16.2. The molecule has 6 aromatic rings. The Bertz CT molecular complexity index is 1940. The third-order valence-corrected chi connectivity index (χ3v) is 9.49. The van der Waals surface area contributed by atoms with E-state index in [1.165, 1.54) is 27.9 Å². The van der Waals surface area contributed by atoms with Crippen LogP contribution < -0.4 is 10.1 Å². The number of aromatic carboxylic acids is 1. The quantitative estimate of drug-likeness (QED) is 0.113. The highest BCUT2D eigenvalue weighted by Gasteiger charge is 2.25. The van der Waals surface area contributed by atoms with Crippen molar-refractivity contribution in [1.29, 1.82) is 0 Å². The van der Waals surface area contributed by atoms with Gasteiger partial charge in [-0.1, -0.05) is 97.4 Å². The summed E-state index contributed by atoms with van der Waals surface area (Å²) in [5, 5.41) is 14.8. The van der Waals surface area contributed by atoms with E-state index in [9.17, 15) is 9.90 Å². The van der Waals surface area contributed by atoms with Crippen LogP contribution in [0.4, 0.5) is 5.69 Å². The number of nitrogens with one attached hydrogen (secondary N) is 1. The Hall–Kier alpha value is -4.71. The number of carboxylic acids is 1. The number of para-hydroxylation sites is 1. The molecule has 0 saturated heterocycles. The highest BCUT2D eigenvalue weighted by atomic mass is 35.5. The second-order valence-electron chi connectivity index (χ2n) is 11.9. The summed E-state index contributed by atoms with van der Waals surface area (Å²) in [6, 6.07) is 42.2. The fourth-order valence-electron chi connectivity index (χ4n) is 6.46. The fourth-order valence-corrected chi connectivity index (χ4v) is 6.80. The van der Waals surface area contributed by atoms with Crippen molar-refractivity contribution >= 4 is 45.8 Å². The molecule has 0 spiro atoms. The summed E-state index contributed by atoms with van der Waals surface area (Å²) in [6.07, 6.45) is 1.38. The number of ether oxygens (including phenoxy) is 1. The summed E-state index contributed by atoms with van der Waals surface area (Å²) in [5.74, 6) is 0.436. The Balaban J connectivity index is 1.43. The molecule has 0 aliphatic rings. The number of aromatic nitrogens is 1. The first-order chi connectivity index (χ1) is 23.4. The largest absolute Gasteiger partial charge is 0.493 e. The van der Waals surface area contributed by atoms with Crippen molar-refractivity contribution in [2.45, 2.75) is 31.7 Å². The number of carboxylic acid groups (broad SMARTS) is 1. The number of halogens is 2. The van der Waals surface area contributed by atoms with Crippen LogP contribution in [-0.4, -0.2) is 34.7 Å². The van der Waals surface area contributed by atoms with Crippen LogP contribution in [0.5, 0.6) is 5.75 Å². The van der Waals surface area contributed by atoms with E-state index in [1.807, 2.05) is 6.07 Å². The molecule has 7 heteroatoms. The summed E-state index contributed by atoms with van der Waals surface area (Å²) in [7, 11) is 0. The number of fused-ring (bicyclic) bond motifs is 1. The minimum absolute atomic E-state index is 0.0761. The lowest BCUT2D eigenvalue weighted by atomic mass is 9.97. The van der Waals surface area contributed by atoms with Gasteiger partial charge in [-0.25, -0.2) is 4.79 Å². The summed E-state index contributed by atoms with van der Waals surface area (Å²) in [6.45, 7) is 3.26. The van der Waals surface area contributed by atoms with Crippen LogP contribution in [0.25, 0.3) is 10.9 Å². The van der Waals surface area contributed by atoms with E-state index in [0.29, 0.717) is 36.2 Å². The van der Waals surface area contributed by atoms with Crippen molar-refractivity contribution in [1.82, 2.24) is 4.57 Å². The summed E-state index contributed by atoms with van der Waals surface area (Å²) in [4.78, 5) is 11.3. The van der Waals surface area contributed by atoms with Crippen LogP contribution in [0.3, 0.4) is 0 Å². The Morgan fingerprint density at radius 3 is 2.12 bits per heavy atom. The fraction of sp³-hybridized carbons (Fsp3) is 0.195. The normalized spacial score (nSPS) is 11.9. The lowest BCUT2D eigenvalue weighted by Gasteiger charge is -2.25. The average Bonchev–Trinajstić information content (AvgIpc) is 3.40. The minimum atomic E-state index is -0.962. The lowest BCUT2D eigenvalue weighted by molar-refractivity contribution is 0.0697. The Labute approximate surface area is 291 Å². The third kappa shape index (κ3) is 7.38. The van der Waals surface area contributed by atoms with Crippen LogP contribution in [0.2, 0.25) is 5.02 Å².